The zero-order valence-electron chi connectivity index (χ0n) is 13.2. The first kappa shape index (κ1) is 18.4. The van der Waals surface area contributed by atoms with E-state index in [-0.39, 0.29) is 12.3 Å². The Kier molecular flexibility index (Phi) is 8.08. The van der Waals surface area contributed by atoms with Crippen LogP contribution in [0.2, 0.25) is 0 Å². The monoisotopic (exact) mass is 315 g/mol. The molecule has 0 saturated heterocycles. The molecule has 1 aromatic rings. The highest BCUT2D eigenvalue weighted by Crippen LogP contribution is 2.11. The first-order valence-electron chi connectivity index (χ1n) is 7.61. The van der Waals surface area contributed by atoms with Crippen LogP contribution in [0.1, 0.15) is 44.1 Å². The molecular weight excluding hydrogens is 294 g/mol. The molecule has 0 spiro atoms. The first-order valence-corrected chi connectivity index (χ1v) is 7.61. The Morgan fingerprint density at radius 2 is 1.78 bits per heavy atom. The minimum Gasteiger partial charge on any atom is -0.353 e. The lowest BCUT2D eigenvalue weighted by Gasteiger charge is -2.05. The Morgan fingerprint density at radius 1 is 1.09 bits per heavy atom. The molecule has 0 aliphatic rings. The maximum Gasteiger partial charge on any atom is 0.287 e. The van der Waals surface area contributed by atoms with E-state index in [1.54, 1.807) is 24.3 Å². The van der Waals surface area contributed by atoms with Gasteiger partial charge in [0.2, 0.25) is 11.7 Å². The van der Waals surface area contributed by atoms with Gasteiger partial charge >= 0.3 is 0 Å². The lowest BCUT2D eigenvalue weighted by atomic mass is 10.1. The van der Waals surface area contributed by atoms with Crippen LogP contribution in [0, 0.1) is 11.3 Å². The lowest BCUT2D eigenvalue weighted by Crippen LogP contribution is -2.27. The summed E-state index contributed by atoms with van der Waals surface area (Å²) in [6.45, 7) is 0. The Hall–Kier alpha value is -2.68. The van der Waals surface area contributed by atoms with Crippen LogP contribution in [0.5, 0.6) is 0 Å². The van der Waals surface area contributed by atoms with E-state index in [1.165, 1.54) is 7.05 Å². The molecule has 0 saturated carbocycles. The summed E-state index contributed by atoms with van der Waals surface area (Å²) in [5, 5.41) is 13.9. The zero-order valence-corrected chi connectivity index (χ0v) is 13.2. The van der Waals surface area contributed by atoms with E-state index in [9.17, 15) is 14.4 Å². The van der Waals surface area contributed by atoms with E-state index in [0.717, 1.165) is 19.3 Å². The van der Waals surface area contributed by atoms with Crippen molar-refractivity contribution in [1.29, 1.82) is 5.26 Å². The van der Waals surface area contributed by atoms with E-state index in [4.69, 9.17) is 5.26 Å². The summed E-state index contributed by atoms with van der Waals surface area (Å²) in [7, 11) is 1.44. The van der Waals surface area contributed by atoms with Gasteiger partial charge in [0.15, 0.2) is 0 Å². The number of hydrogen-bond donors (Lipinski definition) is 2. The van der Waals surface area contributed by atoms with E-state index in [2.05, 4.69) is 10.6 Å². The molecule has 2 N–H and O–H groups in total. The molecule has 0 atom stereocenters. The lowest BCUT2D eigenvalue weighted by molar-refractivity contribution is -0.137. The van der Waals surface area contributed by atoms with E-state index in [1.807, 2.05) is 6.07 Å². The quantitative estimate of drug-likeness (QED) is 0.539. The molecule has 0 aromatic heterocycles. The zero-order chi connectivity index (χ0) is 17.1. The van der Waals surface area contributed by atoms with Crippen LogP contribution in [0.15, 0.2) is 24.3 Å². The van der Waals surface area contributed by atoms with Gasteiger partial charge in [-0.2, -0.15) is 5.26 Å². The maximum absolute atomic E-state index is 11.8. The molecular formula is C17H21N3O3. The third-order valence-electron chi connectivity index (χ3n) is 3.31. The van der Waals surface area contributed by atoms with Crippen LogP contribution in [-0.2, 0) is 14.4 Å². The van der Waals surface area contributed by atoms with Crippen molar-refractivity contribution in [3.8, 4) is 6.07 Å². The summed E-state index contributed by atoms with van der Waals surface area (Å²) in [6, 6.07) is 8.78. The molecule has 2 amide bonds. The standard InChI is InChI=1S/C17H21N3O3/c1-19-17(23)15(21)9-4-2-3-5-10-16(22)20-14-8-6-7-13(11-14)12-18/h6-8,11H,2-5,9-10H2,1H3,(H,19,23)(H,20,22). The maximum atomic E-state index is 11.8. The molecule has 1 rings (SSSR count). The number of nitriles is 1. The highest BCUT2D eigenvalue weighted by atomic mass is 16.2. The summed E-state index contributed by atoms with van der Waals surface area (Å²) in [6.07, 6.45) is 3.63. The van der Waals surface area contributed by atoms with Gasteiger partial charge in [0.05, 0.1) is 11.6 Å². The Balaban J connectivity index is 2.16. The summed E-state index contributed by atoms with van der Waals surface area (Å²) < 4.78 is 0. The fraction of sp³-hybridized carbons (Fsp3) is 0.412. The van der Waals surface area contributed by atoms with Crippen LogP contribution < -0.4 is 10.6 Å². The number of anilines is 1. The van der Waals surface area contributed by atoms with E-state index in [0.29, 0.717) is 24.1 Å². The van der Waals surface area contributed by atoms with Gasteiger partial charge in [0.25, 0.3) is 5.91 Å². The first-order chi connectivity index (χ1) is 11.1. The molecule has 0 aliphatic carbocycles. The Bertz CT molecular complexity index is 605. The van der Waals surface area contributed by atoms with Gasteiger partial charge in [-0.25, -0.2) is 0 Å². The number of Topliss-reactive ketones (excluding diaryl/α,β-unsaturated/α-hetero) is 1. The van der Waals surface area contributed by atoms with E-state index >= 15 is 0 Å². The number of hydrogen-bond acceptors (Lipinski definition) is 4. The second-order valence-electron chi connectivity index (χ2n) is 5.16. The number of rotatable bonds is 9. The summed E-state index contributed by atoms with van der Waals surface area (Å²) >= 11 is 0. The highest BCUT2D eigenvalue weighted by molar-refractivity contribution is 6.36. The van der Waals surface area contributed by atoms with Gasteiger partial charge < -0.3 is 10.6 Å². The number of benzene rings is 1. The molecule has 0 fully saturated rings. The molecule has 0 heterocycles. The second-order valence-corrected chi connectivity index (χ2v) is 5.16. The SMILES string of the molecule is CNC(=O)C(=O)CCCCCCC(=O)Nc1cccc(C#N)c1. The smallest absolute Gasteiger partial charge is 0.287 e. The predicted molar refractivity (Wildman–Crippen MR) is 86.6 cm³/mol. The molecule has 0 aliphatic heterocycles. The fourth-order valence-corrected chi connectivity index (χ4v) is 2.07. The van der Waals surface area contributed by atoms with Crippen molar-refractivity contribution < 1.29 is 14.4 Å². The van der Waals surface area contributed by atoms with Crippen LogP contribution in [0.3, 0.4) is 0 Å². The normalized spacial score (nSPS) is 9.74. The fourth-order valence-electron chi connectivity index (χ4n) is 2.07. The van der Waals surface area contributed by atoms with Crippen LogP contribution in [0.25, 0.3) is 0 Å². The average molecular weight is 315 g/mol. The molecule has 23 heavy (non-hydrogen) atoms. The topological polar surface area (TPSA) is 99.1 Å². The molecule has 6 heteroatoms. The molecule has 122 valence electrons. The van der Waals surface area contributed by atoms with Gasteiger partial charge in [0, 0.05) is 25.6 Å². The minimum atomic E-state index is -0.552. The average Bonchev–Trinajstić information content (AvgIpc) is 2.57. The van der Waals surface area contributed by atoms with Crippen molar-refractivity contribution in [1.82, 2.24) is 5.32 Å². The number of likely N-dealkylation sites (N-methyl/N-ethyl adjacent to an activating group) is 1. The third-order valence-corrected chi connectivity index (χ3v) is 3.31. The number of nitrogens with one attached hydrogen (secondary N) is 2. The molecule has 0 unspecified atom stereocenters. The third kappa shape index (κ3) is 7.23. The number of ketones is 1. The number of carbonyl (C=O) groups is 3. The van der Waals surface area contributed by atoms with Crippen LogP contribution in [0.4, 0.5) is 5.69 Å². The minimum absolute atomic E-state index is 0.0958. The highest BCUT2D eigenvalue weighted by Gasteiger charge is 2.10. The van der Waals surface area contributed by atoms with Crippen molar-refractivity contribution in [2.45, 2.75) is 38.5 Å². The summed E-state index contributed by atoms with van der Waals surface area (Å²) in [5.74, 6) is -1.05. The predicted octanol–water partition coefficient (Wildman–Crippen LogP) is 2.15. The van der Waals surface area contributed by atoms with Gasteiger partial charge in [0.1, 0.15) is 0 Å². The van der Waals surface area contributed by atoms with Gasteiger partial charge in [-0.15, -0.1) is 0 Å². The molecule has 1 aromatic carbocycles. The van der Waals surface area contributed by atoms with E-state index < -0.39 is 11.7 Å². The summed E-state index contributed by atoms with van der Waals surface area (Å²) in [5.41, 5.74) is 1.12. The van der Waals surface area contributed by atoms with Crippen molar-refractivity contribution in [2.75, 3.05) is 12.4 Å². The van der Waals surface area contributed by atoms with Gasteiger partial charge in [-0.05, 0) is 31.0 Å². The summed E-state index contributed by atoms with van der Waals surface area (Å²) in [4.78, 5) is 34.1. The molecule has 0 radical (unpaired) electrons. The molecule has 0 bridgehead atoms. The van der Waals surface area contributed by atoms with Crippen molar-refractivity contribution in [3.63, 3.8) is 0 Å². The van der Waals surface area contributed by atoms with Crippen molar-refractivity contribution in [3.05, 3.63) is 29.8 Å². The number of nitrogens with zero attached hydrogens (tertiary/aromatic N) is 1. The van der Waals surface area contributed by atoms with Crippen molar-refractivity contribution in [2.24, 2.45) is 0 Å². The van der Waals surface area contributed by atoms with Crippen molar-refractivity contribution >= 4 is 23.3 Å². The Morgan fingerprint density at radius 3 is 2.43 bits per heavy atom. The number of amides is 2. The Labute approximate surface area is 135 Å². The number of unbranched alkanes of at least 4 members (excludes halogenated alkanes) is 3. The van der Waals surface area contributed by atoms with Crippen LogP contribution >= 0.6 is 0 Å². The largest absolute Gasteiger partial charge is 0.353 e. The van der Waals surface area contributed by atoms with Crippen LogP contribution in [-0.4, -0.2) is 24.6 Å². The molecule has 6 nitrogen and oxygen atoms in total. The van der Waals surface area contributed by atoms with Gasteiger partial charge in [-0.1, -0.05) is 18.9 Å². The second kappa shape index (κ2) is 10.1. The van der Waals surface area contributed by atoms with Gasteiger partial charge in [-0.3, -0.25) is 14.4 Å². The number of carbonyl (C=O) groups excluding carboxylic acids is 3.